The third kappa shape index (κ3) is 3.93. The molecule has 0 radical (unpaired) electrons. The van der Waals surface area contributed by atoms with E-state index in [0.717, 1.165) is 25.6 Å². The molecule has 0 spiro atoms. The number of hydrogen-bond donors (Lipinski definition) is 1. The van der Waals surface area contributed by atoms with Crippen LogP contribution in [0.2, 0.25) is 0 Å². The first-order valence-electron chi connectivity index (χ1n) is 8.18. The topological polar surface area (TPSA) is 26.7 Å². The Hall–Kier alpha value is -0.120. The normalized spacial score (nSPS) is 36.9. The molecule has 1 saturated carbocycles. The van der Waals surface area contributed by atoms with Crippen molar-refractivity contribution in [3.05, 3.63) is 0 Å². The molecule has 0 amide bonds. The molecule has 1 aliphatic carbocycles. The fourth-order valence-corrected chi connectivity index (χ4v) is 3.93. The van der Waals surface area contributed by atoms with Gasteiger partial charge in [-0.1, -0.05) is 26.2 Å². The van der Waals surface area contributed by atoms with Crippen molar-refractivity contribution in [2.45, 2.75) is 57.6 Å². The summed E-state index contributed by atoms with van der Waals surface area (Å²) in [5.41, 5.74) is 0. The molecule has 2 fully saturated rings. The number of aliphatic hydroxyl groups is 1. The maximum absolute atomic E-state index is 10.8. The van der Waals surface area contributed by atoms with Crippen molar-refractivity contribution in [3.63, 3.8) is 0 Å². The Morgan fingerprint density at radius 3 is 2.42 bits per heavy atom. The van der Waals surface area contributed by atoms with Gasteiger partial charge in [0.15, 0.2) is 0 Å². The molecule has 0 aromatic rings. The average Bonchev–Trinajstić information content (AvgIpc) is 2.60. The van der Waals surface area contributed by atoms with Gasteiger partial charge < -0.3 is 10.0 Å². The maximum Gasteiger partial charge on any atom is 0.0735 e. The molecule has 19 heavy (non-hydrogen) atoms. The van der Waals surface area contributed by atoms with Gasteiger partial charge in [-0.05, 0) is 58.3 Å². The largest absolute Gasteiger partial charge is 0.391 e. The lowest BCUT2D eigenvalue weighted by molar-refractivity contribution is -0.00127. The van der Waals surface area contributed by atoms with E-state index < -0.39 is 0 Å². The quantitative estimate of drug-likeness (QED) is 0.850. The molecule has 112 valence electrons. The van der Waals surface area contributed by atoms with Crippen molar-refractivity contribution >= 4 is 0 Å². The predicted molar refractivity (Wildman–Crippen MR) is 80.3 cm³/mol. The van der Waals surface area contributed by atoms with E-state index >= 15 is 0 Å². The first kappa shape index (κ1) is 15.3. The summed E-state index contributed by atoms with van der Waals surface area (Å²) < 4.78 is 0. The van der Waals surface area contributed by atoms with Crippen LogP contribution in [0.25, 0.3) is 0 Å². The molecule has 2 rings (SSSR count). The van der Waals surface area contributed by atoms with Crippen molar-refractivity contribution in [3.8, 4) is 0 Å². The average molecular weight is 268 g/mol. The van der Waals surface area contributed by atoms with E-state index in [0.29, 0.717) is 12.0 Å². The van der Waals surface area contributed by atoms with Crippen LogP contribution in [0.1, 0.15) is 45.4 Å². The van der Waals surface area contributed by atoms with Crippen LogP contribution >= 0.6 is 0 Å². The van der Waals surface area contributed by atoms with Crippen LogP contribution in [-0.4, -0.2) is 60.8 Å². The van der Waals surface area contributed by atoms with Crippen LogP contribution in [0.5, 0.6) is 0 Å². The van der Waals surface area contributed by atoms with Crippen LogP contribution < -0.4 is 0 Å². The molecule has 0 aromatic heterocycles. The van der Waals surface area contributed by atoms with Gasteiger partial charge in [0.1, 0.15) is 0 Å². The third-order valence-corrected chi connectivity index (χ3v) is 5.46. The molecule has 1 heterocycles. The van der Waals surface area contributed by atoms with Crippen molar-refractivity contribution in [1.82, 2.24) is 9.80 Å². The summed E-state index contributed by atoms with van der Waals surface area (Å²) >= 11 is 0. The Morgan fingerprint density at radius 1 is 1.11 bits per heavy atom. The van der Waals surface area contributed by atoms with E-state index in [1.165, 1.54) is 38.5 Å². The SMILES string of the molecule is CCC1CCC(C(O)C2CN(C)CCCN2C)CC1. The highest BCUT2D eigenvalue weighted by molar-refractivity contribution is 4.88. The molecule has 0 bridgehead atoms. The summed E-state index contributed by atoms with van der Waals surface area (Å²) in [5, 5.41) is 10.8. The van der Waals surface area contributed by atoms with Crippen molar-refractivity contribution in [2.24, 2.45) is 11.8 Å². The van der Waals surface area contributed by atoms with E-state index in [1.807, 2.05) is 0 Å². The predicted octanol–water partition coefficient (Wildman–Crippen LogP) is 2.20. The zero-order valence-electron chi connectivity index (χ0n) is 13.0. The third-order valence-electron chi connectivity index (χ3n) is 5.46. The first-order chi connectivity index (χ1) is 9.11. The van der Waals surface area contributed by atoms with E-state index in [4.69, 9.17) is 0 Å². The number of hydrogen-bond acceptors (Lipinski definition) is 3. The molecule has 1 aliphatic heterocycles. The van der Waals surface area contributed by atoms with Gasteiger partial charge in [-0.2, -0.15) is 0 Å². The van der Waals surface area contributed by atoms with Gasteiger partial charge in [-0.25, -0.2) is 0 Å². The van der Waals surface area contributed by atoms with Gasteiger partial charge in [-0.3, -0.25) is 4.90 Å². The highest BCUT2D eigenvalue weighted by Gasteiger charge is 2.34. The standard InChI is InChI=1S/C16H32N2O/c1-4-13-6-8-14(9-7-13)16(19)15-12-17(2)10-5-11-18(15)3/h13-16,19H,4-12H2,1-3H3. The summed E-state index contributed by atoms with van der Waals surface area (Å²) in [5.74, 6) is 1.44. The number of nitrogens with zero attached hydrogens (tertiary/aromatic N) is 2. The first-order valence-corrected chi connectivity index (χ1v) is 8.18. The number of likely N-dealkylation sites (N-methyl/N-ethyl adjacent to an activating group) is 2. The summed E-state index contributed by atoms with van der Waals surface area (Å²) in [4.78, 5) is 4.77. The van der Waals surface area contributed by atoms with Gasteiger partial charge in [0, 0.05) is 12.6 Å². The van der Waals surface area contributed by atoms with Crippen LogP contribution in [0.3, 0.4) is 0 Å². The molecular weight excluding hydrogens is 236 g/mol. The summed E-state index contributed by atoms with van der Waals surface area (Å²) in [7, 11) is 4.37. The second-order valence-corrected chi connectivity index (χ2v) is 6.84. The molecule has 0 aromatic carbocycles. The summed E-state index contributed by atoms with van der Waals surface area (Å²) in [6.45, 7) is 5.60. The van der Waals surface area contributed by atoms with Gasteiger partial charge in [0.25, 0.3) is 0 Å². The lowest BCUT2D eigenvalue weighted by Crippen LogP contribution is -2.49. The minimum absolute atomic E-state index is 0.136. The van der Waals surface area contributed by atoms with Crippen molar-refractivity contribution < 1.29 is 5.11 Å². The van der Waals surface area contributed by atoms with Crippen LogP contribution in [0.4, 0.5) is 0 Å². The summed E-state index contributed by atoms with van der Waals surface area (Å²) in [6.07, 6.45) is 7.51. The Balaban J connectivity index is 1.92. The molecule has 3 nitrogen and oxygen atoms in total. The lowest BCUT2D eigenvalue weighted by atomic mass is 9.76. The minimum atomic E-state index is -0.136. The molecule has 1 saturated heterocycles. The Bertz CT molecular complexity index is 263. The Morgan fingerprint density at radius 2 is 1.79 bits per heavy atom. The zero-order valence-corrected chi connectivity index (χ0v) is 13.0. The summed E-state index contributed by atoms with van der Waals surface area (Å²) in [6, 6.07) is 0.329. The van der Waals surface area contributed by atoms with Gasteiger partial charge in [0.05, 0.1) is 6.10 Å². The highest BCUT2D eigenvalue weighted by atomic mass is 16.3. The molecule has 2 aliphatic rings. The fraction of sp³-hybridized carbons (Fsp3) is 1.00. The number of rotatable bonds is 3. The van der Waals surface area contributed by atoms with E-state index in [9.17, 15) is 5.11 Å². The van der Waals surface area contributed by atoms with Crippen molar-refractivity contribution in [1.29, 1.82) is 0 Å². The monoisotopic (exact) mass is 268 g/mol. The Labute approximate surface area is 119 Å². The van der Waals surface area contributed by atoms with E-state index in [1.54, 1.807) is 0 Å². The molecule has 3 heteroatoms. The minimum Gasteiger partial charge on any atom is -0.391 e. The Kier molecular flexibility index (Phi) is 5.67. The second-order valence-electron chi connectivity index (χ2n) is 6.84. The smallest absolute Gasteiger partial charge is 0.0735 e. The van der Waals surface area contributed by atoms with Gasteiger partial charge >= 0.3 is 0 Å². The molecule has 2 unspecified atom stereocenters. The maximum atomic E-state index is 10.8. The van der Waals surface area contributed by atoms with Gasteiger partial charge in [0.2, 0.25) is 0 Å². The van der Waals surface area contributed by atoms with Crippen molar-refractivity contribution in [2.75, 3.05) is 33.7 Å². The fourth-order valence-electron chi connectivity index (χ4n) is 3.93. The zero-order chi connectivity index (χ0) is 13.8. The highest BCUT2D eigenvalue weighted by Crippen LogP contribution is 2.34. The molecular formula is C16H32N2O. The van der Waals surface area contributed by atoms with Crippen LogP contribution in [0, 0.1) is 11.8 Å². The number of aliphatic hydroxyl groups excluding tert-OH is 1. The van der Waals surface area contributed by atoms with E-state index in [-0.39, 0.29) is 6.10 Å². The van der Waals surface area contributed by atoms with Gasteiger partial charge in [-0.15, -0.1) is 0 Å². The lowest BCUT2D eigenvalue weighted by Gasteiger charge is -2.38. The molecule has 1 N–H and O–H groups in total. The van der Waals surface area contributed by atoms with Crippen LogP contribution in [0.15, 0.2) is 0 Å². The molecule has 2 atom stereocenters. The second kappa shape index (κ2) is 7.05. The van der Waals surface area contributed by atoms with E-state index in [2.05, 4.69) is 30.8 Å². The van der Waals surface area contributed by atoms with Crippen LogP contribution in [-0.2, 0) is 0 Å².